The number of nitrogens with zero attached hydrogens (tertiary/aromatic N) is 1. The van der Waals surface area contributed by atoms with Gasteiger partial charge in [-0.25, -0.2) is 4.79 Å². The third-order valence-electron chi connectivity index (χ3n) is 2.94. The van der Waals surface area contributed by atoms with Crippen LogP contribution in [0.3, 0.4) is 0 Å². The largest absolute Gasteiger partial charge is 0.458 e. The van der Waals surface area contributed by atoms with Crippen LogP contribution in [0.25, 0.3) is 0 Å². The number of rotatable bonds is 8. The van der Waals surface area contributed by atoms with E-state index in [1.165, 1.54) is 18.2 Å². The van der Waals surface area contributed by atoms with Gasteiger partial charge in [0.25, 0.3) is 5.69 Å². The molecule has 1 rings (SSSR count). The number of carbonyl (C=O) groups is 1. The van der Waals surface area contributed by atoms with Gasteiger partial charge in [-0.1, -0.05) is 24.8 Å². The Hall–Kier alpha value is -2.89. The van der Waals surface area contributed by atoms with E-state index in [1.807, 2.05) is 0 Å². The van der Waals surface area contributed by atoms with Gasteiger partial charge >= 0.3 is 5.97 Å². The highest BCUT2D eigenvalue weighted by Crippen LogP contribution is 2.33. The predicted octanol–water partition coefficient (Wildman–Crippen LogP) is 2.98. The standard InChI is InChI=1S/C16H18N2O4/c1-4-7-11-10-13(17)15(18(20)21)12(8-5-2)14(11)16(19)22-9-6-3/h4-6,10H,1-3,7-9,17H2. The maximum absolute atomic E-state index is 12.3. The third-order valence-corrected chi connectivity index (χ3v) is 2.94. The van der Waals surface area contributed by atoms with Crippen LogP contribution in [0.1, 0.15) is 21.5 Å². The van der Waals surface area contributed by atoms with E-state index in [1.54, 1.807) is 6.08 Å². The van der Waals surface area contributed by atoms with Gasteiger partial charge in [0.2, 0.25) is 0 Å². The number of benzene rings is 1. The van der Waals surface area contributed by atoms with E-state index in [-0.39, 0.29) is 35.5 Å². The van der Waals surface area contributed by atoms with Crippen molar-refractivity contribution < 1.29 is 14.5 Å². The van der Waals surface area contributed by atoms with Gasteiger partial charge in [-0.3, -0.25) is 10.1 Å². The smallest absolute Gasteiger partial charge is 0.339 e. The molecule has 0 radical (unpaired) electrons. The predicted molar refractivity (Wildman–Crippen MR) is 85.8 cm³/mol. The Bertz CT molecular complexity index is 636. The first-order chi connectivity index (χ1) is 10.5. The number of nitrogens with two attached hydrogens (primary N) is 1. The molecule has 22 heavy (non-hydrogen) atoms. The van der Waals surface area contributed by atoms with Gasteiger partial charge < -0.3 is 10.5 Å². The Kier molecular flexibility index (Phi) is 6.07. The zero-order chi connectivity index (χ0) is 16.7. The minimum atomic E-state index is -0.656. The van der Waals surface area contributed by atoms with E-state index in [9.17, 15) is 14.9 Å². The summed E-state index contributed by atoms with van der Waals surface area (Å²) in [6, 6.07) is 1.41. The molecule has 0 unspecified atom stereocenters. The van der Waals surface area contributed by atoms with Crippen molar-refractivity contribution in [2.45, 2.75) is 12.8 Å². The Morgan fingerprint density at radius 2 is 1.91 bits per heavy atom. The fourth-order valence-electron chi connectivity index (χ4n) is 2.15. The summed E-state index contributed by atoms with van der Waals surface area (Å²) in [5.74, 6) is -0.656. The number of anilines is 1. The summed E-state index contributed by atoms with van der Waals surface area (Å²) >= 11 is 0. The molecule has 0 saturated carbocycles. The molecule has 0 saturated heterocycles. The average Bonchev–Trinajstić information content (AvgIpc) is 2.45. The van der Waals surface area contributed by atoms with Crippen LogP contribution in [0.2, 0.25) is 0 Å². The number of carbonyl (C=O) groups excluding carboxylic acids is 1. The van der Waals surface area contributed by atoms with Crippen molar-refractivity contribution in [1.82, 2.24) is 0 Å². The number of ether oxygens (including phenoxy) is 1. The molecule has 116 valence electrons. The van der Waals surface area contributed by atoms with Gasteiger partial charge in [0.15, 0.2) is 0 Å². The number of nitrogen functional groups attached to an aromatic ring is 1. The van der Waals surface area contributed by atoms with Gasteiger partial charge in [-0.15, -0.1) is 13.2 Å². The van der Waals surface area contributed by atoms with E-state index in [4.69, 9.17) is 10.5 Å². The Morgan fingerprint density at radius 1 is 1.27 bits per heavy atom. The summed E-state index contributed by atoms with van der Waals surface area (Å²) in [7, 11) is 0. The summed E-state index contributed by atoms with van der Waals surface area (Å²) in [6.45, 7) is 10.7. The lowest BCUT2D eigenvalue weighted by Crippen LogP contribution is -2.15. The van der Waals surface area contributed by atoms with Crippen molar-refractivity contribution in [3.05, 3.63) is 70.8 Å². The SMILES string of the molecule is C=CCOC(=O)c1c(CC=C)cc(N)c([N+](=O)[O-])c1CC=C. The van der Waals surface area contributed by atoms with Crippen LogP contribution in [-0.4, -0.2) is 17.5 Å². The molecule has 1 aromatic carbocycles. The quantitative estimate of drug-likeness (QED) is 0.262. The highest BCUT2D eigenvalue weighted by molar-refractivity contribution is 5.96. The average molecular weight is 302 g/mol. The summed E-state index contributed by atoms with van der Waals surface area (Å²) in [6.07, 6.45) is 4.95. The molecule has 0 bridgehead atoms. The zero-order valence-electron chi connectivity index (χ0n) is 12.2. The number of nitro benzene ring substituents is 1. The minimum absolute atomic E-state index is 0.000953. The lowest BCUT2D eigenvalue weighted by Gasteiger charge is -2.14. The molecule has 1 aromatic rings. The van der Waals surface area contributed by atoms with Crippen LogP contribution >= 0.6 is 0 Å². The van der Waals surface area contributed by atoms with Gasteiger partial charge in [0.1, 0.15) is 12.3 Å². The van der Waals surface area contributed by atoms with Crippen molar-refractivity contribution in [3.8, 4) is 0 Å². The van der Waals surface area contributed by atoms with E-state index in [2.05, 4.69) is 19.7 Å². The molecular weight excluding hydrogens is 284 g/mol. The number of hydrogen-bond donors (Lipinski definition) is 1. The van der Waals surface area contributed by atoms with Crippen molar-refractivity contribution >= 4 is 17.3 Å². The Balaban J connectivity index is 3.63. The second-order valence-electron chi connectivity index (χ2n) is 4.46. The molecule has 0 aliphatic rings. The second-order valence-corrected chi connectivity index (χ2v) is 4.46. The van der Waals surface area contributed by atoms with E-state index in [0.717, 1.165) is 0 Å². The van der Waals surface area contributed by atoms with Crippen molar-refractivity contribution in [1.29, 1.82) is 0 Å². The van der Waals surface area contributed by atoms with E-state index >= 15 is 0 Å². The molecule has 0 fully saturated rings. The molecule has 0 amide bonds. The summed E-state index contributed by atoms with van der Waals surface area (Å²) < 4.78 is 5.04. The molecule has 6 heteroatoms. The van der Waals surface area contributed by atoms with Gasteiger partial charge in [-0.2, -0.15) is 0 Å². The highest BCUT2D eigenvalue weighted by Gasteiger charge is 2.28. The molecular formula is C16H18N2O4. The number of hydrogen-bond acceptors (Lipinski definition) is 5. The van der Waals surface area contributed by atoms with Crippen LogP contribution in [0.4, 0.5) is 11.4 Å². The van der Waals surface area contributed by atoms with Gasteiger partial charge in [-0.05, 0) is 24.5 Å². The highest BCUT2D eigenvalue weighted by atomic mass is 16.6. The summed E-state index contributed by atoms with van der Waals surface area (Å²) in [4.78, 5) is 23.0. The van der Waals surface area contributed by atoms with Gasteiger partial charge in [0.05, 0.1) is 16.1 Å². The maximum Gasteiger partial charge on any atom is 0.339 e. The maximum atomic E-state index is 12.3. The normalized spacial score (nSPS) is 9.82. The van der Waals surface area contributed by atoms with E-state index < -0.39 is 10.9 Å². The molecule has 6 nitrogen and oxygen atoms in total. The molecule has 0 aliphatic carbocycles. The van der Waals surface area contributed by atoms with Crippen molar-refractivity contribution in [3.63, 3.8) is 0 Å². The van der Waals surface area contributed by atoms with Crippen molar-refractivity contribution in [2.75, 3.05) is 12.3 Å². The lowest BCUT2D eigenvalue weighted by atomic mass is 9.93. The van der Waals surface area contributed by atoms with Crippen LogP contribution in [0, 0.1) is 10.1 Å². The lowest BCUT2D eigenvalue weighted by molar-refractivity contribution is -0.384. The number of allylic oxidation sites excluding steroid dienone is 2. The monoisotopic (exact) mass is 302 g/mol. The molecule has 2 N–H and O–H groups in total. The fraction of sp³-hybridized carbons (Fsp3) is 0.188. The first-order valence-corrected chi connectivity index (χ1v) is 6.56. The molecule has 0 aliphatic heterocycles. The molecule has 0 spiro atoms. The Morgan fingerprint density at radius 3 is 2.41 bits per heavy atom. The van der Waals surface area contributed by atoms with Crippen molar-refractivity contribution in [2.24, 2.45) is 0 Å². The zero-order valence-corrected chi connectivity index (χ0v) is 12.2. The van der Waals surface area contributed by atoms with Crippen LogP contribution in [0.15, 0.2) is 44.0 Å². The topological polar surface area (TPSA) is 95.5 Å². The van der Waals surface area contributed by atoms with Crippen LogP contribution in [-0.2, 0) is 17.6 Å². The molecule has 0 atom stereocenters. The van der Waals surface area contributed by atoms with E-state index in [0.29, 0.717) is 12.0 Å². The molecule has 0 aromatic heterocycles. The fourth-order valence-corrected chi connectivity index (χ4v) is 2.15. The number of esters is 1. The first-order valence-electron chi connectivity index (χ1n) is 6.56. The van der Waals surface area contributed by atoms with Crippen LogP contribution < -0.4 is 5.73 Å². The third kappa shape index (κ3) is 3.60. The summed E-state index contributed by atoms with van der Waals surface area (Å²) in [5, 5.41) is 11.3. The van der Waals surface area contributed by atoms with Gasteiger partial charge in [0, 0.05) is 0 Å². The number of nitro groups is 1. The first kappa shape index (κ1) is 17.2. The minimum Gasteiger partial charge on any atom is -0.458 e. The van der Waals surface area contributed by atoms with Crippen LogP contribution in [0.5, 0.6) is 0 Å². The summed E-state index contributed by atoms with van der Waals surface area (Å²) in [5.41, 5.74) is 6.35. The Labute approximate surface area is 128 Å². The molecule has 0 heterocycles. The second kappa shape index (κ2) is 7.78.